The third kappa shape index (κ3) is 5.55. The van der Waals surface area contributed by atoms with Crippen molar-refractivity contribution >= 4 is 17.5 Å². The van der Waals surface area contributed by atoms with E-state index in [1.165, 1.54) is 6.42 Å². The van der Waals surface area contributed by atoms with Crippen LogP contribution in [0.4, 0.5) is 5.69 Å². The summed E-state index contributed by atoms with van der Waals surface area (Å²) in [4.78, 5) is 25.2. The summed E-state index contributed by atoms with van der Waals surface area (Å²) in [6.07, 6.45) is 7.36. The Morgan fingerprint density at radius 1 is 1.18 bits per heavy atom. The molecule has 1 heterocycles. The van der Waals surface area contributed by atoms with Crippen LogP contribution in [0.1, 0.15) is 55.3 Å². The highest BCUT2D eigenvalue weighted by Crippen LogP contribution is 2.28. The van der Waals surface area contributed by atoms with Crippen molar-refractivity contribution in [2.45, 2.75) is 44.9 Å². The fourth-order valence-corrected chi connectivity index (χ4v) is 4.35. The van der Waals surface area contributed by atoms with Gasteiger partial charge < -0.3 is 20.7 Å². The van der Waals surface area contributed by atoms with Gasteiger partial charge in [-0.1, -0.05) is 25.3 Å². The Balaban J connectivity index is 1.57. The summed E-state index contributed by atoms with van der Waals surface area (Å²) >= 11 is 0. The number of carbonyl (C=O) groups excluding carboxylic acids is 2. The van der Waals surface area contributed by atoms with Gasteiger partial charge in [0.1, 0.15) is 0 Å². The molecule has 1 aliphatic carbocycles. The fraction of sp³-hybridized carbons (Fsp3) is 0.636. The summed E-state index contributed by atoms with van der Waals surface area (Å²) in [6.45, 7) is 3.14. The second-order valence-electron chi connectivity index (χ2n) is 8.27. The van der Waals surface area contributed by atoms with Crippen molar-refractivity contribution < 1.29 is 14.3 Å². The molecule has 0 bridgehead atoms. The highest BCUT2D eigenvalue weighted by atomic mass is 16.5. The highest BCUT2D eigenvalue weighted by molar-refractivity contribution is 5.97. The number of anilines is 1. The molecule has 1 aromatic carbocycles. The number of hydrogen-bond acceptors (Lipinski definition) is 4. The monoisotopic (exact) mass is 387 g/mol. The molecule has 0 atom stereocenters. The third-order valence-electron chi connectivity index (χ3n) is 6.11. The van der Waals surface area contributed by atoms with E-state index in [0.29, 0.717) is 24.4 Å². The molecule has 0 radical (unpaired) electrons. The van der Waals surface area contributed by atoms with Gasteiger partial charge in [-0.15, -0.1) is 0 Å². The zero-order valence-corrected chi connectivity index (χ0v) is 16.9. The van der Waals surface area contributed by atoms with Crippen molar-refractivity contribution in [1.82, 2.24) is 10.6 Å². The molecule has 0 aromatic heterocycles. The lowest BCUT2D eigenvalue weighted by Gasteiger charge is -2.37. The first-order valence-electron chi connectivity index (χ1n) is 10.5. The van der Waals surface area contributed by atoms with Crippen molar-refractivity contribution in [2.24, 2.45) is 11.3 Å². The fourth-order valence-electron chi connectivity index (χ4n) is 4.35. The van der Waals surface area contributed by atoms with Crippen LogP contribution in [0.2, 0.25) is 0 Å². The number of methoxy groups -OCH3 is 1. The highest BCUT2D eigenvalue weighted by Gasteiger charge is 2.32. The van der Waals surface area contributed by atoms with Crippen LogP contribution in [-0.4, -0.2) is 45.2 Å². The van der Waals surface area contributed by atoms with Gasteiger partial charge in [0.15, 0.2) is 0 Å². The summed E-state index contributed by atoms with van der Waals surface area (Å²) < 4.78 is 5.42. The molecule has 3 rings (SSSR count). The molecule has 2 aliphatic rings. The Kier molecular flexibility index (Phi) is 7.45. The topological polar surface area (TPSA) is 79.5 Å². The van der Waals surface area contributed by atoms with Crippen LogP contribution >= 0.6 is 0 Å². The molecule has 1 saturated carbocycles. The Labute approximate surface area is 167 Å². The van der Waals surface area contributed by atoms with Crippen molar-refractivity contribution in [2.75, 3.05) is 38.7 Å². The van der Waals surface area contributed by atoms with Crippen molar-refractivity contribution in [3.05, 3.63) is 29.8 Å². The predicted molar refractivity (Wildman–Crippen MR) is 110 cm³/mol. The van der Waals surface area contributed by atoms with Crippen molar-refractivity contribution in [1.29, 1.82) is 0 Å². The summed E-state index contributed by atoms with van der Waals surface area (Å²) in [7, 11) is 1.71. The average Bonchev–Trinajstić information content (AvgIpc) is 2.74. The number of rotatable bonds is 7. The van der Waals surface area contributed by atoms with Crippen LogP contribution in [0.25, 0.3) is 0 Å². The second kappa shape index (κ2) is 10.0. The van der Waals surface area contributed by atoms with Gasteiger partial charge in [-0.25, -0.2) is 0 Å². The van der Waals surface area contributed by atoms with E-state index in [1.54, 1.807) is 19.2 Å². The quantitative estimate of drug-likeness (QED) is 0.672. The molecule has 0 unspecified atom stereocenters. The summed E-state index contributed by atoms with van der Waals surface area (Å²) in [6, 6.07) is 7.22. The number of carbonyl (C=O) groups is 2. The van der Waals surface area contributed by atoms with E-state index in [0.717, 1.165) is 51.6 Å². The van der Waals surface area contributed by atoms with Crippen LogP contribution in [0.15, 0.2) is 24.3 Å². The van der Waals surface area contributed by atoms with E-state index >= 15 is 0 Å². The first-order chi connectivity index (χ1) is 13.6. The van der Waals surface area contributed by atoms with E-state index in [-0.39, 0.29) is 23.1 Å². The summed E-state index contributed by atoms with van der Waals surface area (Å²) in [5, 5.41) is 9.43. The summed E-state index contributed by atoms with van der Waals surface area (Å²) in [5.41, 5.74) is 1.25. The maximum absolute atomic E-state index is 12.7. The Morgan fingerprint density at radius 2 is 1.93 bits per heavy atom. The molecular weight excluding hydrogens is 354 g/mol. The zero-order chi connectivity index (χ0) is 19.8. The second-order valence-corrected chi connectivity index (χ2v) is 8.27. The largest absolute Gasteiger partial charge is 0.384 e. The minimum atomic E-state index is -0.109. The van der Waals surface area contributed by atoms with E-state index in [1.807, 2.05) is 12.1 Å². The molecule has 2 fully saturated rings. The molecule has 154 valence electrons. The number of nitrogens with one attached hydrogen (secondary N) is 3. The number of hydrogen-bond donors (Lipinski definition) is 3. The van der Waals surface area contributed by atoms with Gasteiger partial charge in [0.2, 0.25) is 5.91 Å². The molecule has 3 N–H and O–H groups in total. The summed E-state index contributed by atoms with van der Waals surface area (Å²) in [5.74, 6) is 0.0637. The van der Waals surface area contributed by atoms with Gasteiger partial charge in [-0.05, 0) is 57.0 Å². The lowest BCUT2D eigenvalue weighted by Crippen LogP contribution is -2.47. The molecule has 6 nitrogen and oxygen atoms in total. The van der Waals surface area contributed by atoms with Crippen LogP contribution in [0, 0.1) is 11.3 Å². The Morgan fingerprint density at radius 3 is 2.64 bits per heavy atom. The van der Waals surface area contributed by atoms with E-state index < -0.39 is 0 Å². The van der Waals surface area contributed by atoms with E-state index in [2.05, 4.69) is 16.0 Å². The van der Waals surface area contributed by atoms with Gasteiger partial charge in [-0.2, -0.15) is 0 Å². The average molecular weight is 388 g/mol. The first-order valence-corrected chi connectivity index (χ1v) is 10.5. The maximum Gasteiger partial charge on any atom is 0.251 e. The van der Waals surface area contributed by atoms with Crippen LogP contribution in [0.5, 0.6) is 0 Å². The Bertz CT molecular complexity index is 659. The van der Waals surface area contributed by atoms with Gasteiger partial charge >= 0.3 is 0 Å². The number of piperidine rings is 1. The van der Waals surface area contributed by atoms with Gasteiger partial charge in [0.25, 0.3) is 5.91 Å². The van der Waals surface area contributed by atoms with E-state index in [9.17, 15) is 9.59 Å². The minimum absolute atomic E-state index is 0.0114. The first kappa shape index (κ1) is 20.8. The zero-order valence-electron chi connectivity index (χ0n) is 16.9. The molecule has 1 aromatic rings. The molecule has 2 amide bonds. The minimum Gasteiger partial charge on any atom is -0.384 e. The molecular formula is C22H33N3O3. The predicted octanol–water partition coefficient (Wildman–Crippen LogP) is 2.95. The molecule has 6 heteroatoms. The van der Waals surface area contributed by atoms with Crippen molar-refractivity contribution in [3.63, 3.8) is 0 Å². The maximum atomic E-state index is 12.7. The van der Waals surface area contributed by atoms with Gasteiger partial charge in [0.05, 0.1) is 6.61 Å². The van der Waals surface area contributed by atoms with E-state index in [4.69, 9.17) is 4.74 Å². The number of benzene rings is 1. The standard InChI is InChI=1S/C22H33N3O3/c1-28-16-22(10-12-23-13-11-22)15-24-20(26)18-8-5-9-19(14-18)25-21(27)17-6-3-2-4-7-17/h5,8-9,14,17,23H,2-4,6-7,10-13,15-16H2,1H3,(H,24,26)(H,25,27). The van der Waals surface area contributed by atoms with Crippen LogP contribution in [0.3, 0.4) is 0 Å². The molecule has 28 heavy (non-hydrogen) atoms. The molecule has 1 aliphatic heterocycles. The molecule has 0 spiro atoms. The van der Waals surface area contributed by atoms with Crippen molar-refractivity contribution in [3.8, 4) is 0 Å². The third-order valence-corrected chi connectivity index (χ3v) is 6.11. The van der Waals surface area contributed by atoms with Crippen LogP contribution < -0.4 is 16.0 Å². The van der Waals surface area contributed by atoms with Gasteiger partial charge in [-0.3, -0.25) is 9.59 Å². The normalized spacial score (nSPS) is 19.8. The SMILES string of the molecule is COCC1(CNC(=O)c2cccc(NC(=O)C3CCCCC3)c2)CCNCC1. The number of amides is 2. The lowest BCUT2D eigenvalue weighted by atomic mass is 9.79. The molecule has 1 saturated heterocycles. The Hall–Kier alpha value is -1.92. The smallest absolute Gasteiger partial charge is 0.251 e. The van der Waals surface area contributed by atoms with Crippen LogP contribution in [-0.2, 0) is 9.53 Å². The number of ether oxygens (including phenoxy) is 1. The lowest BCUT2D eigenvalue weighted by molar-refractivity contribution is -0.120. The van der Waals surface area contributed by atoms with Gasteiger partial charge in [0, 0.05) is 36.2 Å².